The lowest BCUT2D eigenvalue weighted by atomic mass is 10.2. The molecule has 1 aromatic heterocycles. The van der Waals surface area contributed by atoms with E-state index in [9.17, 15) is 18.0 Å². The van der Waals surface area contributed by atoms with Crippen molar-refractivity contribution in [3.05, 3.63) is 17.9 Å². The van der Waals surface area contributed by atoms with Crippen LogP contribution in [0, 0.1) is 0 Å². The average Bonchev–Trinajstić information content (AvgIpc) is 3.09. The molecular weight excluding hydrogens is 302 g/mol. The number of hydrogen-bond donors (Lipinski definition) is 1. The maximum atomic E-state index is 12.4. The van der Waals surface area contributed by atoms with Gasteiger partial charge in [0.1, 0.15) is 6.04 Å². The van der Waals surface area contributed by atoms with Crippen LogP contribution in [0.5, 0.6) is 0 Å². The summed E-state index contributed by atoms with van der Waals surface area (Å²) in [5.74, 6) is -2.20. The van der Waals surface area contributed by atoms with Gasteiger partial charge in [-0.15, -0.1) is 0 Å². The zero-order chi connectivity index (χ0) is 15.6. The third-order valence-corrected chi connectivity index (χ3v) is 4.89. The molecule has 2 heterocycles. The number of carboxylic acids is 1. The second-order valence-electron chi connectivity index (χ2n) is 4.45. The predicted molar refractivity (Wildman–Crippen MR) is 69.2 cm³/mol. The highest BCUT2D eigenvalue weighted by Gasteiger charge is 2.41. The third-order valence-electron chi connectivity index (χ3n) is 3.11. The molecule has 1 saturated heterocycles. The van der Waals surface area contributed by atoms with Crippen LogP contribution in [-0.2, 0) is 19.6 Å². The Balaban J connectivity index is 2.28. The van der Waals surface area contributed by atoms with Gasteiger partial charge in [-0.3, -0.25) is 4.79 Å². The van der Waals surface area contributed by atoms with Crippen molar-refractivity contribution in [2.24, 2.45) is 0 Å². The molecule has 8 nitrogen and oxygen atoms in total. The summed E-state index contributed by atoms with van der Waals surface area (Å²) in [7, 11) is -4.08. The van der Waals surface area contributed by atoms with Gasteiger partial charge in [-0.1, -0.05) is 0 Å². The molecule has 1 atom stereocenters. The van der Waals surface area contributed by atoms with Crippen LogP contribution in [-0.4, -0.2) is 49.0 Å². The Bertz CT molecular complexity index is 648. The minimum Gasteiger partial charge on any atom is -0.480 e. The van der Waals surface area contributed by atoms with Crippen molar-refractivity contribution >= 4 is 22.0 Å². The first-order valence-corrected chi connectivity index (χ1v) is 7.83. The zero-order valence-corrected chi connectivity index (χ0v) is 12.1. The van der Waals surface area contributed by atoms with Crippen molar-refractivity contribution < 1.29 is 32.3 Å². The number of carbonyl (C=O) groups is 2. The molecular formula is C12H15NO7S. The smallest absolute Gasteiger partial charge is 0.374 e. The molecule has 9 heteroatoms. The van der Waals surface area contributed by atoms with E-state index < -0.39 is 33.1 Å². The van der Waals surface area contributed by atoms with E-state index in [-0.39, 0.29) is 25.3 Å². The third kappa shape index (κ3) is 2.93. The van der Waals surface area contributed by atoms with E-state index in [4.69, 9.17) is 14.3 Å². The van der Waals surface area contributed by atoms with Crippen LogP contribution < -0.4 is 0 Å². The highest BCUT2D eigenvalue weighted by molar-refractivity contribution is 7.89. The summed E-state index contributed by atoms with van der Waals surface area (Å²) in [5, 5.41) is 8.59. The van der Waals surface area contributed by atoms with E-state index in [0.717, 1.165) is 10.4 Å². The summed E-state index contributed by atoms with van der Waals surface area (Å²) in [6, 6.07) is 1.21. The number of rotatable bonds is 5. The number of furan rings is 1. The lowest BCUT2D eigenvalue weighted by Crippen LogP contribution is -2.40. The minimum atomic E-state index is -4.08. The lowest BCUT2D eigenvalue weighted by Gasteiger charge is -2.19. The van der Waals surface area contributed by atoms with E-state index in [1.54, 1.807) is 6.92 Å². The van der Waals surface area contributed by atoms with Gasteiger partial charge in [-0.05, 0) is 31.9 Å². The predicted octanol–water partition coefficient (Wildman–Crippen LogP) is 0.694. The Morgan fingerprint density at radius 1 is 1.48 bits per heavy atom. The first-order valence-electron chi connectivity index (χ1n) is 6.39. The molecule has 1 unspecified atom stereocenters. The van der Waals surface area contributed by atoms with Crippen LogP contribution in [0.15, 0.2) is 21.6 Å². The molecule has 1 aliphatic heterocycles. The Labute approximate surface area is 121 Å². The normalized spacial score (nSPS) is 19.6. The van der Waals surface area contributed by atoms with E-state index in [1.807, 2.05) is 0 Å². The average molecular weight is 317 g/mol. The summed E-state index contributed by atoms with van der Waals surface area (Å²) < 4.78 is 35.3. The zero-order valence-electron chi connectivity index (χ0n) is 11.3. The van der Waals surface area contributed by atoms with Crippen molar-refractivity contribution in [2.75, 3.05) is 13.2 Å². The first-order chi connectivity index (χ1) is 9.87. The van der Waals surface area contributed by atoms with Gasteiger partial charge in [0.2, 0.25) is 10.9 Å². The number of nitrogens with zero attached hydrogens (tertiary/aromatic N) is 1. The topological polar surface area (TPSA) is 114 Å². The lowest BCUT2D eigenvalue weighted by molar-refractivity contribution is -0.140. The molecule has 0 radical (unpaired) electrons. The highest BCUT2D eigenvalue weighted by Crippen LogP contribution is 2.27. The molecule has 21 heavy (non-hydrogen) atoms. The van der Waals surface area contributed by atoms with Gasteiger partial charge in [-0.25, -0.2) is 13.2 Å². The second kappa shape index (κ2) is 5.86. The quantitative estimate of drug-likeness (QED) is 0.795. The fraction of sp³-hybridized carbons (Fsp3) is 0.500. The summed E-state index contributed by atoms with van der Waals surface area (Å²) >= 11 is 0. The fourth-order valence-corrected chi connectivity index (χ4v) is 3.73. The van der Waals surface area contributed by atoms with E-state index in [2.05, 4.69) is 0 Å². The van der Waals surface area contributed by atoms with Crippen LogP contribution in [0.1, 0.15) is 30.3 Å². The number of hydrogen-bond acceptors (Lipinski definition) is 6. The van der Waals surface area contributed by atoms with Gasteiger partial charge in [-0.2, -0.15) is 4.31 Å². The van der Waals surface area contributed by atoms with Gasteiger partial charge in [0, 0.05) is 6.54 Å². The van der Waals surface area contributed by atoms with Crippen molar-refractivity contribution in [3.8, 4) is 0 Å². The molecule has 0 amide bonds. The molecule has 0 aromatic carbocycles. The number of carbonyl (C=O) groups excluding carboxylic acids is 1. The van der Waals surface area contributed by atoms with Crippen molar-refractivity contribution in [1.82, 2.24) is 4.31 Å². The molecule has 0 bridgehead atoms. The monoisotopic (exact) mass is 317 g/mol. The molecule has 1 aliphatic rings. The molecule has 0 aliphatic carbocycles. The molecule has 1 N–H and O–H groups in total. The van der Waals surface area contributed by atoms with Gasteiger partial charge < -0.3 is 14.3 Å². The molecule has 116 valence electrons. The fourth-order valence-electron chi connectivity index (χ4n) is 2.16. The van der Waals surface area contributed by atoms with Crippen LogP contribution in [0.25, 0.3) is 0 Å². The summed E-state index contributed by atoms with van der Waals surface area (Å²) in [5.41, 5.74) is 0. The highest BCUT2D eigenvalue weighted by atomic mass is 32.2. The van der Waals surface area contributed by atoms with E-state index in [0.29, 0.717) is 6.42 Å². The number of esters is 1. The Hall–Kier alpha value is -1.87. The first kappa shape index (κ1) is 15.5. The van der Waals surface area contributed by atoms with Gasteiger partial charge in [0.15, 0.2) is 0 Å². The molecule has 1 aromatic rings. The summed E-state index contributed by atoms with van der Waals surface area (Å²) in [6.45, 7) is 1.85. The molecule has 1 fully saturated rings. The maximum absolute atomic E-state index is 12.4. The van der Waals surface area contributed by atoms with Crippen molar-refractivity contribution in [2.45, 2.75) is 30.9 Å². The van der Waals surface area contributed by atoms with Crippen LogP contribution in [0.3, 0.4) is 0 Å². The Morgan fingerprint density at radius 3 is 2.81 bits per heavy atom. The molecule has 2 rings (SSSR count). The van der Waals surface area contributed by atoms with Gasteiger partial charge in [0.05, 0.1) is 6.61 Å². The largest absolute Gasteiger partial charge is 0.480 e. The molecule has 0 spiro atoms. The number of sulfonamides is 1. The Morgan fingerprint density at radius 2 is 2.19 bits per heavy atom. The standard InChI is InChI=1S/C12H15NO7S/c1-2-19-12(16)9-5-6-10(20-9)21(17,18)13-7-3-4-8(13)11(14)15/h5-6,8H,2-4,7H2,1H3,(H,14,15). The van der Waals surface area contributed by atoms with Crippen molar-refractivity contribution in [3.63, 3.8) is 0 Å². The van der Waals surface area contributed by atoms with E-state index >= 15 is 0 Å². The van der Waals surface area contributed by atoms with Crippen LogP contribution in [0.4, 0.5) is 0 Å². The van der Waals surface area contributed by atoms with Gasteiger partial charge in [0.25, 0.3) is 10.0 Å². The minimum absolute atomic E-state index is 0.106. The maximum Gasteiger partial charge on any atom is 0.374 e. The van der Waals surface area contributed by atoms with Crippen LogP contribution in [0.2, 0.25) is 0 Å². The van der Waals surface area contributed by atoms with E-state index in [1.165, 1.54) is 6.07 Å². The Kier molecular flexibility index (Phi) is 4.33. The number of carboxylic acid groups (broad SMARTS) is 1. The van der Waals surface area contributed by atoms with Gasteiger partial charge >= 0.3 is 11.9 Å². The van der Waals surface area contributed by atoms with Crippen LogP contribution >= 0.6 is 0 Å². The summed E-state index contributed by atoms with van der Waals surface area (Å²) in [6.07, 6.45) is 0.710. The van der Waals surface area contributed by atoms with Crippen molar-refractivity contribution in [1.29, 1.82) is 0 Å². The number of aliphatic carboxylic acids is 1. The SMILES string of the molecule is CCOC(=O)c1ccc(S(=O)(=O)N2CCCC2C(=O)O)o1. The summed E-state index contributed by atoms with van der Waals surface area (Å²) in [4.78, 5) is 22.5. The second-order valence-corrected chi connectivity index (χ2v) is 6.27. The number of ether oxygens (including phenoxy) is 1. The molecule has 0 saturated carbocycles.